The van der Waals surface area contributed by atoms with Crippen molar-refractivity contribution in [3.8, 4) is 17.6 Å². The van der Waals surface area contributed by atoms with Crippen LogP contribution in [0.25, 0.3) is 0 Å². The van der Waals surface area contributed by atoms with Crippen LogP contribution in [0, 0.1) is 23.5 Å². The largest absolute Gasteiger partial charge is 0.494 e. The number of rotatable bonds is 2. The Balaban J connectivity index is 2.30. The Morgan fingerprint density at radius 2 is 1.90 bits per heavy atom. The van der Waals surface area contributed by atoms with Crippen molar-refractivity contribution in [1.82, 2.24) is 4.98 Å². The van der Waals surface area contributed by atoms with Crippen LogP contribution in [0.5, 0.6) is 5.75 Å². The van der Waals surface area contributed by atoms with Crippen molar-refractivity contribution >= 4 is 0 Å². The molecule has 0 aliphatic rings. The van der Waals surface area contributed by atoms with Gasteiger partial charge in [-0.2, -0.15) is 4.39 Å². The molecule has 0 atom stereocenters. The van der Waals surface area contributed by atoms with Crippen molar-refractivity contribution in [2.24, 2.45) is 0 Å². The average molecular weight is 273 g/mol. The van der Waals surface area contributed by atoms with Crippen LogP contribution in [0.4, 0.5) is 8.78 Å². The first-order valence-corrected chi connectivity index (χ1v) is 6.14. The lowest BCUT2D eigenvalue weighted by Crippen LogP contribution is -1.95. The van der Waals surface area contributed by atoms with Crippen LogP contribution in [0.1, 0.15) is 23.7 Å². The van der Waals surface area contributed by atoms with Crippen molar-refractivity contribution in [3.63, 3.8) is 0 Å². The SMILES string of the molecule is CCc1ccc(C#Cc2ccc(OC)c(F)c2F)nc1. The number of ether oxygens (including phenoxy) is 1. The first-order valence-electron chi connectivity index (χ1n) is 6.14. The van der Waals surface area contributed by atoms with Gasteiger partial charge in [-0.3, -0.25) is 0 Å². The van der Waals surface area contributed by atoms with Gasteiger partial charge in [0.15, 0.2) is 11.6 Å². The number of aromatic nitrogens is 1. The lowest BCUT2D eigenvalue weighted by atomic mass is 10.2. The van der Waals surface area contributed by atoms with E-state index < -0.39 is 11.6 Å². The number of pyridine rings is 1. The maximum atomic E-state index is 13.7. The fourth-order valence-electron chi connectivity index (χ4n) is 1.62. The molecule has 0 bridgehead atoms. The number of halogens is 2. The lowest BCUT2D eigenvalue weighted by molar-refractivity contribution is 0.371. The first-order chi connectivity index (χ1) is 9.65. The number of hydrogen-bond donors (Lipinski definition) is 0. The normalized spacial score (nSPS) is 9.80. The van der Waals surface area contributed by atoms with E-state index in [1.54, 1.807) is 12.3 Å². The van der Waals surface area contributed by atoms with Crippen molar-refractivity contribution in [3.05, 3.63) is 58.9 Å². The molecule has 0 saturated heterocycles. The predicted octanol–water partition coefficient (Wildman–Crippen LogP) is 3.33. The lowest BCUT2D eigenvalue weighted by Gasteiger charge is -2.03. The molecular weight excluding hydrogens is 260 g/mol. The van der Waals surface area contributed by atoms with E-state index in [9.17, 15) is 8.78 Å². The van der Waals surface area contributed by atoms with Crippen molar-refractivity contribution in [2.45, 2.75) is 13.3 Å². The zero-order valence-electron chi connectivity index (χ0n) is 11.2. The maximum absolute atomic E-state index is 13.7. The summed E-state index contributed by atoms with van der Waals surface area (Å²) in [4.78, 5) is 4.14. The van der Waals surface area contributed by atoms with E-state index in [2.05, 4.69) is 16.8 Å². The summed E-state index contributed by atoms with van der Waals surface area (Å²) in [6.07, 6.45) is 2.61. The van der Waals surface area contributed by atoms with Crippen LogP contribution in [-0.4, -0.2) is 12.1 Å². The van der Waals surface area contributed by atoms with E-state index in [0.717, 1.165) is 12.0 Å². The fourth-order valence-corrected chi connectivity index (χ4v) is 1.62. The molecule has 0 radical (unpaired) electrons. The third-order valence-electron chi connectivity index (χ3n) is 2.83. The van der Waals surface area contributed by atoms with E-state index in [-0.39, 0.29) is 11.3 Å². The number of nitrogens with zero attached hydrogens (tertiary/aromatic N) is 1. The van der Waals surface area contributed by atoms with Crippen LogP contribution < -0.4 is 4.74 Å². The monoisotopic (exact) mass is 273 g/mol. The standard InChI is InChI=1S/C16H13F2NO/c1-3-11-4-7-13(19-10-11)8-5-12-6-9-14(20-2)16(18)15(12)17/h4,6-7,9-10H,3H2,1-2H3. The molecule has 0 fully saturated rings. The third kappa shape index (κ3) is 2.94. The van der Waals surface area contributed by atoms with E-state index in [4.69, 9.17) is 4.74 Å². The predicted molar refractivity (Wildman–Crippen MR) is 72.5 cm³/mol. The molecule has 1 aromatic heterocycles. The number of aryl methyl sites for hydroxylation is 1. The Kier molecular flexibility index (Phi) is 4.31. The Labute approximate surface area is 116 Å². The molecule has 2 rings (SSSR count). The fraction of sp³-hybridized carbons (Fsp3) is 0.188. The van der Waals surface area contributed by atoms with Crippen molar-refractivity contribution < 1.29 is 13.5 Å². The van der Waals surface area contributed by atoms with Gasteiger partial charge in [0.05, 0.1) is 12.7 Å². The molecule has 2 aromatic rings. The molecule has 0 unspecified atom stereocenters. The molecule has 102 valence electrons. The van der Waals surface area contributed by atoms with Crippen molar-refractivity contribution in [2.75, 3.05) is 7.11 Å². The van der Waals surface area contributed by atoms with Gasteiger partial charge in [-0.25, -0.2) is 9.37 Å². The minimum Gasteiger partial charge on any atom is -0.494 e. The van der Waals surface area contributed by atoms with Crippen LogP contribution in [0.3, 0.4) is 0 Å². The molecule has 0 aliphatic carbocycles. The second kappa shape index (κ2) is 6.16. The summed E-state index contributed by atoms with van der Waals surface area (Å²) in [5.74, 6) is 3.10. The smallest absolute Gasteiger partial charge is 0.201 e. The molecular formula is C16H13F2NO. The quantitative estimate of drug-likeness (QED) is 0.783. The van der Waals surface area contributed by atoms with Crippen LogP contribution in [0.2, 0.25) is 0 Å². The van der Waals surface area contributed by atoms with Gasteiger partial charge in [-0.15, -0.1) is 0 Å². The highest BCUT2D eigenvalue weighted by atomic mass is 19.2. The van der Waals surface area contributed by atoms with Gasteiger partial charge < -0.3 is 4.74 Å². The van der Waals surface area contributed by atoms with Gasteiger partial charge in [0.25, 0.3) is 0 Å². The molecule has 1 heterocycles. The minimum absolute atomic E-state index is 0.0235. The van der Waals surface area contributed by atoms with E-state index >= 15 is 0 Å². The molecule has 0 saturated carbocycles. The van der Waals surface area contributed by atoms with Gasteiger partial charge in [0.1, 0.15) is 5.69 Å². The van der Waals surface area contributed by atoms with E-state index in [1.807, 2.05) is 13.0 Å². The summed E-state index contributed by atoms with van der Waals surface area (Å²) in [5.41, 5.74) is 1.58. The highest BCUT2D eigenvalue weighted by molar-refractivity contribution is 5.44. The maximum Gasteiger partial charge on any atom is 0.201 e. The Hall–Kier alpha value is -2.41. The van der Waals surface area contributed by atoms with Gasteiger partial charge in [0, 0.05) is 6.20 Å². The molecule has 0 aliphatic heterocycles. The van der Waals surface area contributed by atoms with E-state index in [0.29, 0.717) is 5.69 Å². The van der Waals surface area contributed by atoms with E-state index in [1.165, 1.54) is 19.2 Å². The Morgan fingerprint density at radius 3 is 2.50 bits per heavy atom. The molecule has 0 amide bonds. The van der Waals surface area contributed by atoms with Crippen molar-refractivity contribution in [1.29, 1.82) is 0 Å². The highest BCUT2D eigenvalue weighted by Crippen LogP contribution is 2.21. The number of hydrogen-bond acceptors (Lipinski definition) is 2. The minimum atomic E-state index is -1.03. The van der Waals surface area contributed by atoms with Gasteiger partial charge in [-0.05, 0) is 36.1 Å². The molecule has 0 spiro atoms. The topological polar surface area (TPSA) is 22.1 Å². The van der Waals surface area contributed by atoms with Crippen LogP contribution >= 0.6 is 0 Å². The van der Waals surface area contributed by atoms with Crippen LogP contribution in [0.15, 0.2) is 30.5 Å². The third-order valence-corrected chi connectivity index (χ3v) is 2.83. The zero-order chi connectivity index (χ0) is 14.5. The summed E-state index contributed by atoms with van der Waals surface area (Å²) in [7, 11) is 1.28. The Morgan fingerprint density at radius 1 is 1.10 bits per heavy atom. The number of benzene rings is 1. The molecule has 1 aromatic carbocycles. The summed E-state index contributed by atoms with van der Waals surface area (Å²) >= 11 is 0. The Bertz CT molecular complexity index is 669. The van der Waals surface area contributed by atoms with Gasteiger partial charge in [0.2, 0.25) is 5.82 Å². The first kappa shape index (κ1) is 14.0. The second-order valence-corrected chi connectivity index (χ2v) is 4.10. The van der Waals surface area contributed by atoms with Gasteiger partial charge in [-0.1, -0.05) is 18.9 Å². The van der Waals surface area contributed by atoms with Gasteiger partial charge >= 0.3 is 0 Å². The molecule has 0 N–H and O–H groups in total. The average Bonchev–Trinajstić information content (AvgIpc) is 2.49. The number of methoxy groups -OCH3 is 1. The molecule has 4 heteroatoms. The summed E-state index contributed by atoms with van der Waals surface area (Å²) in [5, 5.41) is 0. The molecule has 2 nitrogen and oxygen atoms in total. The van der Waals surface area contributed by atoms with Crippen LogP contribution in [-0.2, 0) is 6.42 Å². The summed E-state index contributed by atoms with van der Waals surface area (Å²) < 4.78 is 31.9. The summed E-state index contributed by atoms with van der Waals surface area (Å²) in [6, 6.07) is 6.38. The molecule has 20 heavy (non-hydrogen) atoms. The second-order valence-electron chi connectivity index (χ2n) is 4.10. The highest BCUT2D eigenvalue weighted by Gasteiger charge is 2.12. The zero-order valence-corrected chi connectivity index (χ0v) is 11.2. The summed E-state index contributed by atoms with van der Waals surface area (Å²) in [6.45, 7) is 2.03.